The van der Waals surface area contributed by atoms with Crippen molar-refractivity contribution in [3.63, 3.8) is 0 Å². The van der Waals surface area contributed by atoms with Crippen molar-refractivity contribution in [1.82, 2.24) is 0 Å². The summed E-state index contributed by atoms with van der Waals surface area (Å²) >= 11 is 0. The first kappa shape index (κ1) is 14.4. The van der Waals surface area contributed by atoms with Gasteiger partial charge in [-0.05, 0) is 26.3 Å². The minimum atomic E-state index is -0.797. The summed E-state index contributed by atoms with van der Waals surface area (Å²) in [6, 6.07) is 4.30. The molecule has 1 N–H and O–H groups in total. The van der Waals surface area contributed by atoms with E-state index in [0.29, 0.717) is 11.3 Å². The summed E-state index contributed by atoms with van der Waals surface area (Å²) in [5, 5.41) is 20.3. The molecule has 2 atom stereocenters. The number of benzene rings is 1. The van der Waals surface area contributed by atoms with E-state index in [4.69, 9.17) is 4.74 Å². The molecule has 5 heteroatoms. The molecule has 18 heavy (non-hydrogen) atoms. The fourth-order valence-corrected chi connectivity index (χ4v) is 1.77. The van der Waals surface area contributed by atoms with Gasteiger partial charge >= 0.3 is 0 Å². The predicted octanol–water partition coefficient (Wildman–Crippen LogP) is 3.22. The Morgan fingerprint density at radius 3 is 2.61 bits per heavy atom. The summed E-state index contributed by atoms with van der Waals surface area (Å²) in [7, 11) is 0. The zero-order valence-electron chi connectivity index (χ0n) is 10.9. The molecule has 0 bridgehead atoms. The molecular weight excluding hydrogens is 234 g/mol. The number of nitro groups is 1. The van der Waals surface area contributed by atoms with Crippen LogP contribution in [0.2, 0.25) is 0 Å². The van der Waals surface area contributed by atoms with Crippen LogP contribution in [0.1, 0.15) is 45.3 Å². The second-order valence-electron chi connectivity index (χ2n) is 4.37. The standard InChI is InChI=1S/C13H19NO4/c1-4-5-9(2)18-13-7-6-11(14(16)17)8-12(13)10(3)15/h6-10,15H,4-5H2,1-3H3. The van der Waals surface area contributed by atoms with Crippen molar-refractivity contribution in [2.24, 2.45) is 0 Å². The van der Waals surface area contributed by atoms with E-state index < -0.39 is 11.0 Å². The SMILES string of the molecule is CCCC(C)Oc1ccc([N+](=O)[O-])cc1C(C)O. The molecule has 1 aromatic rings. The number of hydrogen-bond acceptors (Lipinski definition) is 4. The average Bonchev–Trinajstić information content (AvgIpc) is 2.29. The van der Waals surface area contributed by atoms with Gasteiger partial charge in [0, 0.05) is 17.7 Å². The van der Waals surface area contributed by atoms with Gasteiger partial charge in [0.2, 0.25) is 0 Å². The van der Waals surface area contributed by atoms with Crippen LogP contribution in [0, 0.1) is 10.1 Å². The largest absolute Gasteiger partial charge is 0.490 e. The van der Waals surface area contributed by atoms with Crippen LogP contribution in [-0.2, 0) is 0 Å². The fourth-order valence-electron chi connectivity index (χ4n) is 1.77. The molecule has 0 spiro atoms. The van der Waals surface area contributed by atoms with Crippen LogP contribution in [0.3, 0.4) is 0 Å². The van der Waals surface area contributed by atoms with Crippen LogP contribution in [0.15, 0.2) is 18.2 Å². The molecule has 1 aromatic carbocycles. The molecule has 0 aliphatic carbocycles. The van der Waals surface area contributed by atoms with Crippen molar-refractivity contribution in [3.05, 3.63) is 33.9 Å². The van der Waals surface area contributed by atoms with E-state index in [2.05, 4.69) is 6.92 Å². The maximum absolute atomic E-state index is 10.7. The van der Waals surface area contributed by atoms with Crippen LogP contribution in [0.5, 0.6) is 5.75 Å². The van der Waals surface area contributed by atoms with Crippen molar-refractivity contribution in [2.75, 3.05) is 0 Å². The first-order valence-corrected chi connectivity index (χ1v) is 6.08. The molecule has 1 rings (SSSR count). The number of nitrogens with zero attached hydrogens (tertiary/aromatic N) is 1. The number of non-ortho nitro benzene ring substituents is 1. The van der Waals surface area contributed by atoms with Gasteiger partial charge in [0.25, 0.3) is 5.69 Å². The molecule has 0 fully saturated rings. The molecule has 5 nitrogen and oxygen atoms in total. The number of aliphatic hydroxyl groups is 1. The fraction of sp³-hybridized carbons (Fsp3) is 0.538. The Kier molecular flexibility index (Phi) is 5.09. The summed E-state index contributed by atoms with van der Waals surface area (Å²) in [5.74, 6) is 0.511. The number of rotatable bonds is 6. The smallest absolute Gasteiger partial charge is 0.270 e. The lowest BCUT2D eigenvalue weighted by Gasteiger charge is -2.18. The molecular formula is C13H19NO4. The van der Waals surface area contributed by atoms with E-state index in [1.54, 1.807) is 13.0 Å². The highest BCUT2D eigenvalue weighted by Crippen LogP contribution is 2.30. The van der Waals surface area contributed by atoms with Crippen molar-refractivity contribution in [1.29, 1.82) is 0 Å². The van der Waals surface area contributed by atoms with Crippen molar-refractivity contribution >= 4 is 5.69 Å². The van der Waals surface area contributed by atoms with Gasteiger partial charge in [-0.25, -0.2) is 0 Å². The molecule has 0 aliphatic rings. The summed E-state index contributed by atoms with van der Waals surface area (Å²) < 4.78 is 5.70. The van der Waals surface area contributed by atoms with Crippen molar-refractivity contribution in [3.8, 4) is 5.75 Å². The Bertz CT molecular complexity index is 417. The number of aliphatic hydroxyl groups excluding tert-OH is 1. The third kappa shape index (κ3) is 3.70. The van der Waals surface area contributed by atoms with Gasteiger partial charge in [0.15, 0.2) is 0 Å². The van der Waals surface area contributed by atoms with E-state index in [9.17, 15) is 15.2 Å². The van der Waals surface area contributed by atoms with Gasteiger partial charge in [-0.1, -0.05) is 13.3 Å². The highest BCUT2D eigenvalue weighted by atomic mass is 16.6. The summed E-state index contributed by atoms with van der Waals surface area (Å²) in [6.07, 6.45) is 1.12. The van der Waals surface area contributed by atoms with E-state index in [0.717, 1.165) is 12.8 Å². The average molecular weight is 253 g/mol. The minimum Gasteiger partial charge on any atom is -0.490 e. The topological polar surface area (TPSA) is 72.6 Å². The molecule has 0 radical (unpaired) electrons. The Morgan fingerprint density at radius 2 is 2.11 bits per heavy atom. The van der Waals surface area contributed by atoms with Crippen molar-refractivity contribution < 1.29 is 14.8 Å². The van der Waals surface area contributed by atoms with Crippen LogP contribution < -0.4 is 4.74 Å². The quantitative estimate of drug-likeness (QED) is 0.624. The zero-order valence-corrected chi connectivity index (χ0v) is 10.9. The lowest BCUT2D eigenvalue weighted by atomic mass is 10.1. The van der Waals surface area contributed by atoms with Crippen LogP contribution in [0.4, 0.5) is 5.69 Å². The van der Waals surface area contributed by atoms with Crippen LogP contribution in [0.25, 0.3) is 0 Å². The van der Waals surface area contributed by atoms with E-state index >= 15 is 0 Å². The van der Waals surface area contributed by atoms with Crippen LogP contribution in [-0.4, -0.2) is 16.1 Å². The van der Waals surface area contributed by atoms with E-state index in [1.807, 2.05) is 6.92 Å². The highest BCUT2D eigenvalue weighted by Gasteiger charge is 2.16. The van der Waals surface area contributed by atoms with E-state index in [1.165, 1.54) is 12.1 Å². The second-order valence-corrected chi connectivity index (χ2v) is 4.37. The van der Waals surface area contributed by atoms with Gasteiger partial charge in [0.1, 0.15) is 5.75 Å². The Labute approximate surface area is 107 Å². The Balaban J connectivity index is 3.00. The predicted molar refractivity (Wildman–Crippen MR) is 68.7 cm³/mol. The summed E-state index contributed by atoms with van der Waals surface area (Å²) in [5.41, 5.74) is 0.411. The maximum atomic E-state index is 10.7. The first-order chi connectivity index (χ1) is 8.45. The van der Waals surface area contributed by atoms with Gasteiger partial charge in [-0.2, -0.15) is 0 Å². The molecule has 0 saturated carbocycles. The first-order valence-electron chi connectivity index (χ1n) is 6.08. The summed E-state index contributed by atoms with van der Waals surface area (Å²) in [4.78, 5) is 10.2. The van der Waals surface area contributed by atoms with E-state index in [-0.39, 0.29) is 11.8 Å². The summed E-state index contributed by atoms with van der Waals surface area (Å²) in [6.45, 7) is 5.57. The maximum Gasteiger partial charge on any atom is 0.270 e. The third-order valence-corrected chi connectivity index (χ3v) is 2.68. The van der Waals surface area contributed by atoms with Gasteiger partial charge in [0.05, 0.1) is 17.1 Å². The molecule has 2 unspecified atom stereocenters. The Morgan fingerprint density at radius 1 is 1.44 bits per heavy atom. The molecule has 0 amide bonds. The van der Waals surface area contributed by atoms with Crippen molar-refractivity contribution in [2.45, 2.75) is 45.8 Å². The molecule has 0 aromatic heterocycles. The second kappa shape index (κ2) is 6.35. The molecule has 100 valence electrons. The van der Waals surface area contributed by atoms with Gasteiger partial charge in [-0.15, -0.1) is 0 Å². The third-order valence-electron chi connectivity index (χ3n) is 2.68. The number of nitro benzene ring substituents is 1. The monoisotopic (exact) mass is 253 g/mol. The molecule has 0 aliphatic heterocycles. The molecule has 0 saturated heterocycles. The zero-order chi connectivity index (χ0) is 13.7. The lowest BCUT2D eigenvalue weighted by Crippen LogP contribution is -2.13. The normalized spacial score (nSPS) is 14.0. The van der Waals surface area contributed by atoms with Gasteiger partial charge in [-0.3, -0.25) is 10.1 Å². The lowest BCUT2D eigenvalue weighted by molar-refractivity contribution is -0.385. The minimum absolute atomic E-state index is 0.0222. The Hall–Kier alpha value is -1.62. The van der Waals surface area contributed by atoms with Crippen LogP contribution >= 0.6 is 0 Å². The number of ether oxygens (including phenoxy) is 1. The van der Waals surface area contributed by atoms with Gasteiger partial charge < -0.3 is 9.84 Å². The molecule has 0 heterocycles. The highest BCUT2D eigenvalue weighted by molar-refractivity contribution is 5.44. The number of hydrogen-bond donors (Lipinski definition) is 1.